The fourth-order valence-electron chi connectivity index (χ4n) is 8.33. The maximum atomic E-state index is 3.61. The second-order valence-corrected chi connectivity index (χ2v) is 14.4. The molecule has 1 aliphatic heterocycles. The van der Waals surface area contributed by atoms with Crippen molar-refractivity contribution in [2.24, 2.45) is 5.41 Å². The summed E-state index contributed by atoms with van der Waals surface area (Å²) >= 11 is 0. The Morgan fingerprint density at radius 3 is 1.68 bits per heavy atom. The van der Waals surface area contributed by atoms with Crippen LogP contribution in [-0.2, 0) is 16.2 Å². The van der Waals surface area contributed by atoms with Crippen molar-refractivity contribution in [2.75, 3.05) is 17.3 Å². The van der Waals surface area contributed by atoms with Crippen LogP contribution in [-0.4, -0.2) is 13.1 Å². The maximum absolute atomic E-state index is 3.61. The van der Waals surface area contributed by atoms with Crippen molar-refractivity contribution in [1.29, 1.82) is 0 Å². The van der Waals surface area contributed by atoms with Gasteiger partial charge in [0.25, 0.3) is 0 Å². The van der Waals surface area contributed by atoms with Crippen molar-refractivity contribution in [3.63, 3.8) is 0 Å². The molecule has 1 fully saturated rings. The summed E-state index contributed by atoms with van der Waals surface area (Å²) in [6, 6.07) is 10.7. The number of nitrogens with zero attached hydrogens (tertiary/aromatic N) is 1. The average Bonchev–Trinajstić information content (AvgIpc) is 3.13. The zero-order chi connectivity index (χ0) is 27.3. The lowest BCUT2D eigenvalue weighted by molar-refractivity contribution is 0.125. The zero-order valence-electron chi connectivity index (χ0n) is 25.8. The van der Waals surface area contributed by atoms with Crippen LogP contribution in [0, 0.1) is 5.41 Å². The van der Waals surface area contributed by atoms with E-state index in [0.717, 1.165) is 11.8 Å². The quantitative estimate of drug-likeness (QED) is 0.441. The Balaban J connectivity index is 0.00000137. The molecule has 1 N–H and O–H groups in total. The minimum Gasteiger partial charge on any atom is -0.386 e. The number of nitrogens with one attached hydrogen (secondary N) is 1. The molecule has 0 amide bonds. The summed E-state index contributed by atoms with van der Waals surface area (Å²) in [5, 5.41) is 3.61. The lowest BCUT2D eigenvalue weighted by Gasteiger charge is -2.44. The third-order valence-electron chi connectivity index (χ3n) is 12.3. The topological polar surface area (TPSA) is 15.3 Å². The molecule has 1 unspecified atom stereocenters. The number of fused-ring (bicyclic) bond motifs is 4. The van der Waals surface area contributed by atoms with Gasteiger partial charge in [-0.15, -0.1) is 0 Å². The van der Waals surface area contributed by atoms with Crippen LogP contribution in [0.1, 0.15) is 141 Å². The monoisotopic (exact) mass is 500 g/mol. The van der Waals surface area contributed by atoms with Crippen molar-refractivity contribution in [3.05, 3.63) is 52.1 Å². The summed E-state index contributed by atoms with van der Waals surface area (Å²) in [5.41, 5.74) is 12.5. The van der Waals surface area contributed by atoms with E-state index in [0.29, 0.717) is 6.04 Å². The van der Waals surface area contributed by atoms with Gasteiger partial charge in [0.15, 0.2) is 0 Å². The summed E-state index contributed by atoms with van der Waals surface area (Å²) in [7, 11) is 2.11. The van der Waals surface area contributed by atoms with Crippen LogP contribution in [0.2, 0.25) is 0 Å². The molecular formula is C35H52N2. The lowest BCUT2D eigenvalue weighted by atomic mass is 9.59. The van der Waals surface area contributed by atoms with E-state index in [2.05, 4.69) is 104 Å². The van der Waals surface area contributed by atoms with Crippen molar-refractivity contribution in [1.82, 2.24) is 0 Å². The Kier molecular flexibility index (Phi) is 5.95. The number of hydrogen-bond acceptors (Lipinski definition) is 2. The van der Waals surface area contributed by atoms with E-state index in [9.17, 15) is 0 Å². The molecule has 7 rings (SSSR count). The molecule has 0 aromatic heterocycles. The smallest absolute Gasteiger partial charge is 0.0652 e. The molecule has 202 valence electrons. The number of benzene rings is 2. The molecule has 1 saturated carbocycles. The first-order valence-corrected chi connectivity index (χ1v) is 15.1. The number of anilines is 3. The van der Waals surface area contributed by atoms with Gasteiger partial charge in [0.05, 0.1) is 11.4 Å². The van der Waals surface area contributed by atoms with Crippen LogP contribution in [0.5, 0.6) is 0 Å². The van der Waals surface area contributed by atoms with E-state index in [1.54, 1.807) is 22.3 Å². The standard InChI is InChI=1S/C33H46N2.C2H6/c1-19-30(2,3)26-17-24-25(32(6,7)33(8,9)31(24,4)5)18-28(26)35(19)29-16-23-21-13-11-20(12-14-21)22(23)15-27(29)34-10;1-2/h15-21,34H,11-14H2,1-10H3;1-2H3. The highest BCUT2D eigenvalue weighted by atomic mass is 15.2. The van der Waals surface area contributed by atoms with Crippen LogP contribution in [0.4, 0.5) is 17.1 Å². The van der Waals surface area contributed by atoms with Crippen LogP contribution >= 0.6 is 0 Å². The highest BCUT2D eigenvalue weighted by Crippen LogP contribution is 2.64. The largest absolute Gasteiger partial charge is 0.386 e. The van der Waals surface area contributed by atoms with E-state index in [-0.39, 0.29) is 21.7 Å². The van der Waals surface area contributed by atoms with Gasteiger partial charge in [-0.25, -0.2) is 0 Å². The Hall–Kier alpha value is -1.96. The van der Waals surface area contributed by atoms with E-state index in [1.165, 1.54) is 48.3 Å². The van der Waals surface area contributed by atoms with Gasteiger partial charge in [-0.2, -0.15) is 0 Å². The third kappa shape index (κ3) is 3.23. The van der Waals surface area contributed by atoms with Gasteiger partial charge in [-0.3, -0.25) is 0 Å². The Labute approximate surface area is 227 Å². The van der Waals surface area contributed by atoms with Crippen LogP contribution in [0.25, 0.3) is 0 Å². The SMILES string of the molecule is CC.CNc1cc2c(cc1N1c3cc4c(cc3C(C)(C)C1C)C(C)(C)C(C)(C)C4(C)C)C1CCC2CC1. The van der Waals surface area contributed by atoms with Crippen molar-refractivity contribution in [3.8, 4) is 0 Å². The fraction of sp³-hybridized carbons (Fsp3) is 0.657. The molecule has 2 bridgehead atoms. The van der Waals surface area contributed by atoms with Crippen LogP contribution in [0.15, 0.2) is 24.3 Å². The average molecular weight is 501 g/mol. The molecule has 1 heterocycles. The summed E-state index contributed by atoms with van der Waals surface area (Å²) in [6.07, 6.45) is 5.50. The zero-order valence-corrected chi connectivity index (χ0v) is 25.8. The Bertz CT molecular complexity index is 1220. The molecule has 37 heavy (non-hydrogen) atoms. The summed E-state index contributed by atoms with van der Waals surface area (Å²) in [5.74, 6) is 1.52. The Morgan fingerprint density at radius 1 is 0.676 bits per heavy atom. The Morgan fingerprint density at radius 2 is 1.16 bits per heavy atom. The lowest BCUT2D eigenvalue weighted by Crippen LogP contribution is -2.42. The van der Waals surface area contributed by atoms with Gasteiger partial charge in [0.1, 0.15) is 0 Å². The highest BCUT2D eigenvalue weighted by Gasteiger charge is 2.58. The van der Waals surface area contributed by atoms with E-state index < -0.39 is 0 Å². The third-order valence-corrected chi connectivity index (χ3v) is 12.3. The van der Waals surface area contributed by atoms with E-state index in [1.807, 2.05) is 13.8 Å². The van der Waals surface area contributed by atoms with Crippen LogP contribution < -0.4 is 10.2 Å². The summed E-state index contributed by atoms with van der Waals surface area (Å²) in [6.45, 7) is 26.2. The molecule has 5 aliphatic rings. The summed E-state index contributed by atoms with van der Waals surface area (Å²) in [4.78, 5) is 2.69. The first-order chi connectivity index (χ1) is 17.2. The predicted molar refractivity (Wildman–Crippen MR) is 162 cm³/mol. The maximum Gasteiger partial charge on any atom is 0.0652 e. The molecule has 2 aromatic rings. The first-order valence-electron chi connectivity index (χ1n) is 15.1. The van der Waals surface area contributed by atoms with Gasteiger partial charge in [-0.1, -0.05) is 75.3 Å². The fourth-order valence-corrected chi connectivity index (χ4v) is 8.33. The van der Waals surface area contributed by atoms with Crippen molar-refractivity contribution < 1.29 is 0 Å². The second kappa shape index (κ2) is 8.27. The molecule has 1 atom stereocenters. The van der Waals surface area contributed by atoms with Gasteiger partial charge in [-0.05, 0) is 107 Å². The van der Waals surface area contributed by atoms with Crippen molar-refractivity contribution >= 4 is 17.1 Å². The molecule has 2 heteroatoms. The molecule has 0 spiro atoms. The number of hydrogen-bond donors (Lipinski definition) is 1. The molecule has 2 aromatic carbocycles. The number of rotatable bonds is 2. The second-order valence-electron chi connectivity index (χ2n) is 14.4. The minimum atomic E-state index is 0.0806. The molecule has 2 nitrogen and oxygen atoms in total. The van der Waals surface area contributed by atoms with Gasteiger partial charge >= 0.3 is 0 Å². The molecule has 0 radical (unpaired) electrons. The molecule has 0 saturated heterocycles. The first kappa shape index (κ1) is 26.6. The minimum absolute atomic E-state index is 0.0806. The summed E-state index contributed by atoms with van der Waals surface area (Å²) < 4.78 is 0. The highest BCUT2D eigenvalue weighted by molar-refractivity contribution is 5.84. The van der Waals surface area contributed by atoms with Gasteiger partial charge in [0, 0.05) is 24.2 Å². The van der Waals surface area contributed by atoms with E-state index >= 15 is 0 Å². The van der Waals surface area contributed by atoms with Crippen LogP contribution in [0.3, 0.4) is 0 Å². The van der Waals surface area contributed by atoms with E-state index in [4.69, 9.17) is 0 Å². The molecule has 4 aliphatic carbocycles. The van der Waals surface area contributed by atoms with Gasteiger partial charge < -0.3 is 10.2 Å². The van der Waals surface area contributed by atoms with Gasteiger partial charge in [0.2, 0.25) is 0 Å². The molecular weight excluding hydrogens is 448 g/mol. The van der Waals surface area contributed by atoms with Crippen molar-refractivity contribution in [2.45, 2.75) is 136 Å². The predicted octanol–water partition coefficient (Wildman–Crippen LogP) is 9.92. The normalized spacial score (nSPS) is 28.6.